The van der Waals surface area contributed by atoms with Crippen molar-refractivity contribution >= 4 is 17.3 Å². The van der Waals surface area contributed by atoms with Crippen molar-refractivity contribution in [3.63, 3.8) is 0 Å². The smallest absolute Gasteiger partial charge is 0.270 e. The van der Waals surface area contributed by atoms with E-state index in [9.17, 15) is 10.1 Å². The minimum atomic E-state index is -0.416. The second-order valence-corrected chi connectivity index (χ2v) is 5.98. The number of hydrogen-bond acceptors (Lipinski definition) is 4. The molecule has 0 spiro atoms. The van der Waals surface area contributed by atoms with Crippen molar-refractivity contribution in [2.24, 2.45) is 5.92 Å². The summed E-state index contributed by atoms with van der Waals surface area (Å²) in [6, 6.07) is 4.73. The Morgan fingerprint density at radius 3 is 2.90 bits per heavy atom. The number of nitro benzene ring substituents is 1. The zero-order valence-electron chi connectivity index (χ0n) is 12.3. The average molecular weight is 312 g/mol. The van der Waals surface area contributed by atoms with E-state index in [0.29, 0.717) is 10.9 Å². The van der Waals surface area contributed by atoms with Crippen molar-refractivity contribution in [3.8, 4) is 0 Å². The first-order valence-electron chi connectivity index (χ1n) is 7.46. The molecule has 0 bridgehead atoms. The van der Waals surface area contributed by atoms with Gasteiger partial charge in [0, 0.05) is 25.2 Å². The van der Waals surface area contributed by atoms with Crippen LogP contribution in [0.15, 0.2) is 18.2 Å². The van der Waals surface area contributed by atoms with E-state index < -0.39 is 4.92 Å². The molecule has 116 valence electrons. The highest BCUT2D eigenvalue weighted by atomic mass is 35.5. The van der Waals surface area contributed by atoms with Crippen LogP contribution in [-0.2, 0) is 6.54 Å². The SMILES string of the molecule is CCN(Cc1ccc([N+](=O)[O-])cc1Cl)CC1CCCNC1. The van der Waals surface area contributed by atoms with Crippen molar-refractivity contribution in [3.05, 3.63) is 38.9 Å². The Morgan fingerprint density at radius 2 is 2.33 bits per heavy atom. The normalized spacial score (nSPS) is 18.9. The van der Waals surface area contributed by atoms with Gasteiger partial charge in [-0.2, -0.15) is 0 Å². The number of nitrogens with zero attached hydrogens (tertiary/aromatic N) is 2. The summed E-state index contributed by atoms with van der Waals surface area (Å²) >= 11 is 6.17. The van der Waals surface area contributed by atoms with Crippen LogP contribution in [0.4, 0.5) is 5.69 Å². The van der Waals surface area contributed by atoms with Gasteiger partial charge in [-0.3, -0.25) is 15.0 Å². The molecule has 1 unspecified atom stereocenters. The maximum absolute atomic E-state index is 10.7. The molecule has 1 fully saturated rings. The van der Waals surface area contributed by atoms with E-state index in [4.69, 9.17) is 11.6 Å². The lowest BCUT2D eigenvalue weighted by atomic mass is 9.99. The number of nitro groups is 1. The van der Waals surface area contributed by atoms with Crippen LogP contribution in [0.25, 0.3) is 0 Å². The van der Waals surface area contributed by atoms with Crippen LogP contribution in [0.3, 0.4) is 0 Å². The minimum absolute atomic E-state index is 0.0447. The van der Waals surface area contributed by atoms with E-state index in [1.807, 2.05) is 0 Å². The van der Waals surface area contributed by atoms with Gasteiger partial charge in [0.1, 0.15) is 0 Å². The maximum Gasteiger partial charge on any atom is 0.270 e. The summed E-state index contributed by atoms with van der Waals surface area (Å²) in [5.41, 5.74) is 0.996. The molecule has 0 aromatic heterocycles. The van der Waals surface area contributed by atoms with E-state index in [0.717, 1.165) is 38.3 Å². The summed E-state index contributed by atoms with van der Waals surface area (Å²) < 4.78 is 0. The van der Waals surface area contributed by atoms with Crippen molar-refractivity contribution in [2.45, 2.75) is 26.3 Å². The first-order valence-corrected chi connectivity index (χ1v) is 7.83. The van der Waals surface area contributed by atoms with Gasteiger partial charge in [-0.25, -0.2) is 0 Å². The second-order valence-electron chi connectivity index (χ2n) is 5.57. The molecule has 1 aromatic rings. The van der Waals surface area contributed by atoms with Gasteiger partial charge < -0.3 is 5.32 Å². The minimum Gasteiger partial charge on any atom is -0.316 e. The van der Waals surface area contributed by atoms with E-state index in [1.165, 1.54) is 25.0 Å². The molecular weight excluding hydrogens is 290 g/mol. The van der Waals surface area contributed by atoms with Crippen molar-refractivity contribution in [2.75, 3.05) is 26.2 Å². The lowest BCUT2D eigenvalue weighted by Gasteiger charge is -2.29. The Bertz CT molecular complexity index is 490. The predicted molar refractivity (Wildman–Crippen MR) is 84.7 cm³/mol. The van der Waals surface area contributed by atoms with Gasteiger partial charge in [-0.15, -0.1) is 0 Å². The maximum atomic E-state index is 10.7. The predicted octanol–water partition coefficient (Wildman–Crippen LogP) is 3.07. The molecule has 1 aliphatic rings. The van der Waals surface area contributed by atoms with E-state index in [2.05, 4.69) is 17.1 Å². The van der Waals surface area contributed by atoms with Crippen LogP contribution in [0.2, 0.25) is 5.02 Å². The summed E-state index contributed by atoms with van der Waals surface area (Å²) in [7, 11) is 0. The fourth-order valence-corrected chi connectivity index (χ4v) is 3.00. The lowest BCUT2D eigenvalue weighted by molar-refractivity contribution is -0.384. The molecule has 5 nitrogen and oxygen atoms in total. The third-order valence-corrected chi connectivity index (χ3v) is 4.36. The molecule has 0 radical (unpaired) electrons. The molecule has 21 heavy (non-hydrogen) atoms. The number of benzene rings is 1. The molecule has 1 saturated heterocycles. The third-order valence-electron chi connectivity index (χ3n) is 4.00. The summed E-state index contributed by atoms with van der Waals surface area (Å²) in [4.78, 5) is 12.7. The summed E-state index contributed by atoms with van der Waals surface area (Å²) in [5.74, 6) is 0.676. The van der Waals surface area contributed by atoms with Gasteiger partial charge >= 0.3 is 0 Å². The number of non-ortho nitro benzene ring substituents is 1. The number of hydrogen-bond donors (Lipinski definition) is 1. The zero-order chi connectivity index (χ0) is 15.2. The summed E-state index contributed by atoms with van der Waals surface area (Å²) in [6.07, 6.45) is 2.50. The highest BCUT2D eigenvalue weighted by Gasteiger charge is 2.17. The Hall–Kier alpha value is -1.17. The average Bonchev–Trinajstić information content (AvgIpc) is 2.49. The molecule has 1 aromatic carbocycles. The molecule has 0 amide bonds. The highest BCUT2D eigenvalue weighted by Crippen LogP contribution is 2.24. The van der Waals surface area contributed by atoms with Crippen LogP contribution < -0.4 is 5.32 Å². The van der Waals surface area contributed by atoms with Crippen LogP contribution in [0.1, 0.15) is 25.3 Å². The summed E-state index contributed by atoms with van der Waals surface area (Å²) in [5, 5.41) is 14.6. The van der Waals surface area contributed by atoms with Gasteiger partial charge in [-0.05, 0) is 50.0 Å². The summed E-state index contributed by atoms with van der Waals surface area (Å²) in [6.45, 7) is 7.06. The molecule has 0 aliphatic carbocycles. The van der Waals surface area contributed by atoms with Gasteiger partial charge in [0.05, 0.1) is 9.95 Å². The lowest BCUT2D eigenvalue weighted by Crippen LogP contribution is -2.38. The van der Waals surface area contributed by atoms with E-state index >= 15 is 0 Å². The van der Waals surface area contributed by atoms with E-state index in [1.54, 1.807) is 6.07 Å². The van der Waals surface area contributed by atoms with Crippen LogP contribution >= 0.6 is 11.6 Å². The Balaban J connectivity index is 1.99. The van der Waals surface area contributed by atoms with Crippen LogP contribution in [0, 0.1) is 16.0 Å². The Kier molecular flexibility index (Phi) is 5.96. The number of rotatable bonds is 6. The molecule has 1 atom stereocenters. The van der Waals surface area contributed by atoms with Crippen molar-refractivity contribution < 1.29 is 4.92 Å². The second kappa shape index (κ2) is 7.73. The molecule has 0 saturated carbocycles. The van der Waals surface area contributed by atoms with Gasteiger partial charge in [0.25, 0.3) is 5.69 Å². The molecule has 6 heteroatoms. The first kappa shape index (κ1) is 16.2. The molecule has 1 heterocycles. The largest absolute Gasteiger partial charge is 0.316 e. The molecule has 1 aliphatic heterocycles. The van der Waals surface area contributed by atoms with Crippen LogP contribution in [-0.4, -0.2) is 36.0 Å². The number of nitrogens with one attached hydrogen (secondary N) is 1. The highest BCUT2D eigenvalue weighted by molar-refractivity contribution is 6.31. The molecule has 2 rings (SSSR count). The van der Waals surface area contributed by atoms with Crippen molar-refractivity contribution in [1.82, 2.24) is 10.2 Å². The topological polar surface area (TPSA) is 58.4 Å². The fraction of sp³-hybridized carbons (Fsp3) is 0.600. The fourth-order valence-electron chi connectivity index (χ4n) is 2.77. The third kappa shape index (κ3) is 4.66. The van der Waals surface area contributed by atoms with Crippen LogP contribution in [0.5, 0.6) is 0 Å². The number of piperidine rings is 1. The van der Waals surface area contributed by atoms with Gasteiger partial charge in [-0.1, -0.05) is 18.5 Å². The first-order chi connectivity index (χ1) is 10.1. The van der Waals surface area contributed by atoms with Crippen molar-refractivity contribution in [1.29, 1.82) is 0 Å². The number of halogens is 1. The standard InChI is InChI=1S/C15H22ClN3O2/c1-2-18(10-12-4-3-7-17-9-12)11-13-5-6-14(19(20)21)8-15(13)16/h5-6,8,12,17H,2-4,7,9-11H2,1H3. The van der Waals surface area contributed by atoms with Gasteiger partial charge in [0.2, 0.25) is 0 Å². The molecular formula is C15H22ClN3O2. The monoisotopic (exact) mass is 311 g/mol. The van der Waals surface area contributed by atoms with E-state index in [-0.39, 0.29) is 5.69 Å². The Morgan fingerprint density at radius 1 is 1.52 bits per heavy atom. The zero-order valence-corrected chi connectivity index (χ0v) is 13.1. The van der Waals surface area contributed by atoms with Gasteiger partial charge in [0.15, 0.2) is 0 Å². The quantitative estimate of drug-likeness (QED) is 0.648. The molecule has 1 N–H and O–H groups in total. The Labute approximate surface area is 130 Å².